The maximum atomic E-state index is 10.1. The van der Waals surface area contributed by atoms with Gasteiger partial charge in [0.25, 0.3) is 0 Å². The summed E-state index contributed by atoms with van der Waals surface area (Å²) < 4.78 is 0. The fourth-order valence-electron chi connectivity index (χ4n) is 3.59. The number of hydrogen-bond donors (Lipinski definition) is 1. The van der Waals surface area contributed by atoms with Gasteiger partial charge in [-0.05, 0) is 51.1 Å². The van der Waals surface area contributed by atoms with Crippen LogP contribution in [0.25, 0.3) is 0 Å². The lowest BCUT2D eigenvalue weighted by atomic mass is 9.67. The Morgan fingerprint density at radius 3 is 2.71 bits per heavy atom. The highest BCUT2D eigenvalue weighted by Crippen LogP contribution is 2.52. The van der Waals surface area contributed by atoms with Gasteiger partial charge < -0.3 is 10.0 Å². The first kappa shape index (κ1) is 10.4. The molecule has 0 radical (unpaired) electrons. The molecule has 14 heavy (non-hydrogen) atoms. The van der Waals surface area contributed by atoms with Crippen molar-refractivity contribution in [1.29, 1.82) is 0 Å². The van der Waals surface area contributed by atoms with Gasteiger partial charge in [0.1, 0.15) is 0 Å². The van der Waals surface area contributed by atoms with Crippen molar-refractivity contribution < 1.29 is 5.11 Å². The van der Waals surface area contributed by atoms with E-state index in [2.05, 4.69) is 25.9 Å². The highest BCUT2D eigenvalue weighted by atomic mass is 16.3. The topological polar surface area (TPSA) is 23.5 Å². The lowest BCUT2D eigenvalue weighted by Gasteiger charge is -2.45. The van der Waals surface area contributed by atoms with Crippen LogP contribution < -0.4 is 0 Å². The molecule has 82 valence electrons. The van der Waals surface area contributed by atoms with Crippen molar-refractivity contribution in [2.24, 2.45) is 11.3 Å². The summed E-state index contributed by atoms with van der Waals surface area (Å²) in [5.74, 6) is 0.860. The Hall–Kier alpha value is -0.0800. The second-order valence-electron chi connectivity index (χ2n) is 5.78. The Balaban J connectivity index is 2.10. The molecule has 0 aliphatic heterocycles. The normalized spacial score (nSPS) is 48.2. The maximum Gasteiger partial charge on any atom is 0.0700 e. The molecule has 2 aliphatic carbocycles. The molecular weight excluding hydrogens is 174 g/mol. The summed E-state index contributed by atoms with van der Waals surface area (Å²) in [4.78, 5) is 2.20. The number of aliphatic hydroxyl groups excluding tert-OH is 1. The van der Waals surface area contributed by atoms with Gasteiger partial charge in [-0.3, -0.25) is 0 Å². The first-order valence-electron chi connectivity index (χ1n) is 5.87. The molecular formula is C12H23NO. The lowest BCUT2D eigenvalue weighted by molar-refractivity contribution is -0.0307. The van der Waals surface area contributed by atoms with Gasteiger partial charge in [0.05, 0.1) is 6.10 Å². The quantitative estimate of drug-likeness (QED) is 0.694. The molecule has 0 saturated heterocycles. The zero-order valence-corrected chi connectivity index (χ0v) is 9.66. The smallest absolute Gasteiger partial charge is 0.0700 e. The highest BCUT2D eigenvalue weighted by molar-refractivity contribution is 4.99. The minimum atomic E-state index is -0.107. The Morgan fingerprint density at radius 1 is 1.36 bits per heavy atom. The van der Waals surface area contributed by atoms with E-state index in [0.29, 0.717) is 11.5 Å². The summed E-state index contributed by atoms with van der Waals surface area (Å²) in [6.45, 7) is 2.37. The van der Waals surface area contributed by atoms with Gasteiger partial charge in [-0.2, -0.15) is 0 Å². The summed E-state index contributed by atoms with van der Waals surface area (Å²) >= 11 is 0. The van der Waals surface area contributed by atoms with Crippen LogP contribution in [0.3, 0.4) is 0 Å². The van der Waals surface area contributed by atoms with Crippen LogP contribution in [0.5, 0.6) is 0 Å². The van der Waals surface area contributed by atoms with Crippen LogP contribution in [0, 0.1) is 11.3 Å². The molecule has 0 unspecified atom stereocenters. The fraction of sp³-hybridized carbons (Fsp3) is 1.00. The van der Waals surface area contributed by atoms with Gasteiger partial charge in [-0.25, -0.2) is 0 Å². The Kier molecular flexibility index (Phi) is 2.61. The maximum absolute atomic E-state index is 10.1. The molecule has 4 atom stereocenters. The van der Waals surface area contributed by atoms with E-state index in [9.17, 15) is 5.11 Å². The largest absolute Gasteiger partial charge is 0.391 e. The number of rotatable bonds is 1. The van der Waals surface area contributed by atoms with Crippen molar-refractivity contribution in [1.82, 2.24) is 4.90 Å². The lowest BCUT2D eigenvalue weighted by Crippen LogP contribution is -2.48. The molecule has 2 nitrogen and oxygen atoms in total. The van der Waals surface area contributed by atoms with Crippen molar-refractivity contribution in [3.63, 3.8) is 0 Å². The van der Waals surface area contributed by atoms with Gasteiger partial charge in [0.2, 0.25) is 0 Å². The van der Waals surface area contributed by atoms with Crippen molar-refractivity contribution in [3.8, 4) is 0 Å². The average molecular weight is 197 g/mol. The van der Waals surface area contributed by atoms with E-state index in [1.165, 1.54) is 25.7 Å². The molecule has 0 aromatic heterocycles. The summed E-state index contributed by atoms with van der Waals surface area (Å²) in [6.07, 6.45) is 6.19. The molecule has 2 rings (SSSR count). The van der Waals surface area contributed by atoms with Gasteiger partial charge in [-0.1, -0.05) is 13.3 Å². The third-order valence-electron chi connectivity index (χ3n) is 4.59. The second kappa shape index (κ2) is 3.49. The van der Waals surface area contributed by atoms with Crippen LogP contribution in [0.15, 0.2) is 0 Å². The van der Waals surface area contributed by atoms with Crippen molar-refractivity contribution in [2.75, 3.05) is 14.1 Å². The highest BCUT2D eigenvalue weighted by Gasteiger charge is 2.47. The fourth-order valence-corrected chi connectivity index (χ4v) is 3.59. The Labute approximate surface area is 87.3 Å². The molecule has 0 bridgehead atoms. The minimum Gasteiger partial charge on any atom is -0.391 e. The van der Waals surface area contributed by atoms with E-state index in [1.807, 2.05) is 0 Å². The standard InChI is InChI=1S/C12H23NO/c1-12-6-4-5-9(12)7-10(13(2)3)11(14)8-12/h9-11,14H,4-8H2,1-3H3/t9-,10-,11-,12-/m1/s1. The SMILES string of the molecule is CN(C)[C@@H]1C[C@H]2CCC[C@]2(C)C[C@H]1O. The van der Waals surface area contributed by atoms with Gasteiger partial charge in [-0.15, -0.1) is 0 Å². The summed E-state index contributed by atoms with van der Waals surface area (Å²) in [7, 11) is 4.18. The van der Waals surface area contributed by atoms with Gasteiger partial charge in [0.15, 0.2) is 0 Å². The number of nitrogens with zero attached hydrogens (tertiary/aromatic N) is 1. The van der Waals surface area contributed by atoms with Gasteiger partial charge in [0, 0.05) is 6.04 Å². The van der Waals surface area contributed by atoms with Crippen molar-refractivity contribution >= 4 is 0 Å². The van der Waals surface area contributed by atoms with Crippen LogP contribution in [0.1, 0.15) is 39.0 Å². The predicted molar refractivity (Wildman–Crippen MR) is 58.2 cm³/mol. The summed E-state index contributed by atoms with van der Waals surface area (Å²) in [5.41, 5.74) is 0.450. The average Bonchev–Trinajstić information content (AvgIpc) is 2.42. The van der Waals surface area contributed by atoms with E-state index in [-0.39, 0.29) is 6.10 Å². The number of fused-ring (bicyclic) bond motifs is 1. The second-order valence-corrected chi connectivity index (χ2v) is 5.78. The molecule has 2 aliphatic rings. The molecule has 2 fully saturated rings. The van der Waals surface area contributed by atoms with Crippen LogP contribution in [-0.2, 0) is 0 Å². The molecule has 2 saturated carbocycles. The Morgan fingerprint density at radius 2 is 2.07 bits per heavy atom. The van der Waals surface area contributed by atoms with Crippen LogP contribution >= 0.6 is 0 Å². The molecule has 1 N–H and O–H groups in total. The first-order valence-corrected chi connectivity index (χ1v) is 5.87. The number of likely N-dealkylation sites (N-methyl/N-ethyl adjacent to an activating group) is 1. The van der Waals surface area contributed by atoms with Crippen molar-refractivity contribution in [2.45, 2.75) is 51.2 Å². The van der Waals surface area contributed by atoms with E-state index < -0.39 is 0 Å². The van der Waals surface area contributed by atoms with E-state index in [1.54, 1.807) is 0 Å². The molecule has 0 amide bonds. The zero-order chi connectivity index (χ0) is 10.3. The Bertz CT molecular complexity index is 216. The third-order valence-corrected chi connectivity index (χ3v) is 4.59. The monoisotopic (exact) mass is 197 g/mol. The number of hydrogen-bond acceptors (Lipinski definition) is 2. The van der Waals surface area contributed by atoms with Crippen molar-refractivity contribution in [3.05, 3.63) is 0 Å². The van der Waals surface area contributed by atoms with E-state index in [0.717, 1.165) is 12.3 Å². The predicted octanol–water partition coefficient (Wildman–Crippen LogP) is 1.88. The van der Waals surface area contributed by atoms with E-state index in [4.69, 9.17) is 0 Å². The summed E-state index contributed by atoms with van der Waals surface area (Å²) in [5, 5.41) is 10.1. The van der Waals surface area contributed by atoms with Gasteiger partial charge >= 0.3 is 0 Å². The molecule has 0 spiro atoms. The molecule has 2 heteroatoms. The number of aliphatic hydroxyl groups is 1. The molecule has 0 aromatic rings. The first-order chi connectivity index (χ1) is 6.53. The summed E-state index contributed by atoms with van der Waals surface area (Å²) in [6, 6.07) is 0.395. The zero-order valence-electron chi connectivity index (χ0n) is 9.66. The van der Waals surface area contributed by atoms with Crippen LogP contribution in [-0.4, -0.2) is 36.2 Å². The van der Waals surface area contributed by atoms with E-state index >= 15 is 0 Å². The van der Waals surface area contributed by atoms with Crippen LogP contribution in [0.2, 0.25) is 0 Å². The molecule has 0 heterocycles. The van der Waals surface area contributed by atoms with Crippen LogP contribution in [0.4, 0.5) is 0 Å². The molecule has 0 aromatic carbocycles. The third kappa shape index (κ3) is 1.59. The minimum absolute atomic E-state index is 0.107.